The lowest BCUT2D eigenvalue weighted by Gasteiger charge is -2.23. The van der Waals surface area contributed by atoms with Crippen molar-refractivity contribution >= 4 is 22.6 Å². The predicted octanol–water partition coefficient (Wildman–Crippen LogP) is 3.29. The monoisotopic (exact) mass is 341 g/mol. The fourth-order valence-electron chi connectivity index (χ4n) is 3.32. The number of fused-ring (bicyclic) bond motifs is 1. The van der Waals surface area contributed by atoms with E-state index < -0.39 is 12.0 Å². The smallest absolute Gasteiger partial charge is 0.305 e. The van der Waals surface area contributed by atoms with E-state index in [1.165, 1.54) is 0 Å². The Morgan fingerprint density at radius 3 is 2.56 bits per heavy atom. The van der Waals surface area contributed by atoms with Crippen molar-refractivity contribution in [2.45, 2.75) is 31.7 Å². The van der Waals surface area contributed by atoms with Gasteiger partial charge >= 0.3 is 5.97 Å². The number of aliphatic carboxylic acids is 1. The number of hydrogen-bond donors (Lipinski definition) is 2. The third-order valence-corrected chi connectivity index (χ3v) is 4.70. The van der Waals surface area contributed by atoms with Crippen molar-refractivity contribution in [1.82, 2.24) is 5.32 Å². The highest BCUT2D eigenvalue weighted by Crippen LogP contribution is 2.24. The maximum Gasteiger partial charge on any atom is 0.305 e. The van der Waals surface area contributed by atoms with Crippen molar-refractivity contribution in [3.8, 4) is 0 Å². The summed E-state index contributed by atoms with van der Waals surface area (Å²) in [6.07, 6.45) is 2.06. The Morgan fingerprint density at radius 2 is 1.84 bits per heavy atom. The van der Waals surface area contributed by atoms with Gasteiger partial charge in [0, 0.05) is 19.6 Å². The van der Waals surface area contributed by atoms with Gasteiger partial charge in [-0.1, -0.05) is 36.4 Å². The first-order valence-corrected chi connectivity index (χ1v) is 8.69. The summed E-state index contributed by atoms with van der Waals surface area (Å²) < 4.78 is 5.32. The molecule has 2 aromatic rings. The molecule has 1 aliphatic heterocycles. The molecule has 1 amide bonds. The average Bonchev–Trinajstić information content (AvgIpc) is 2.61. The standard InChI is InChI=1S/C20H23NO4/c22-19(11-14-7-9-25-10-8-14)21-18(13-20(23)24)17-6-5-15-3-1-2-4-16(15)12-17/h1-6,12,14,18H,7-11,13H2,(H,21,22)(H,23,24)/t18-/m0/s1. The molecule has 5 nitrogen and oxygen atoms in total. The van der Waals surface area contributed by atoms with E-state index >= 15 is 0 Å². The van der Waals surface area contributed by atoms with E-state index in [1.54, 1.807) is 0 Å². The highest BCUT2D eigenvalue weighted by Gasteiger charge is 2.22. The van der Waals surface area contributed by atoms with E-state index in [1.807, 2.05) is 42.5 Å². The Labute approximate surface area is 147 Å². The van der Waals surface area contributed by atoms with Gasteiger partial charge in [0.25, 0.3) is 0 Å². The highest BCUT2D eigenvalue weighted by molar-refractivity contribution is 5.84. The van der Waals surface area contributed by atoms with Crippen molar-refractivity contribution in [2.24, 2.45) is 5.92 Å². The van der Waals surface area contributed by atoms with Crippen LogP contribution in [0.1, 0.15) is 37.3 Å². The lowest BCUT2D eigenvalue weighted by Crippen LogP contribution is -2.32. The van der Waals surface area contributed by atoms with Gasteiger partial charge in [-0.25, -0.2) is 0 Å². The van der Waals surface area contributed by atoms with Crippen molar-refractivity contribution in [1.29, 1.82) is 0 Å². The molecule has 0 bridgehead atoms. The Kier molecular flexibility index (Phi) is 5.66. The molecular formula is C20H23NO4. The van der Waals surface area contributed by atoms with Gasteiger partial charge in [-0.15, -0.1) is 0 Å². The summed E-state index contributed by atoms with van der Waals surface area (Å²) in [7, 11) is 0. The highest BCUT2D eigenvalue weighted by atomic mass is 16.5. The van der Waals surface area contributed by atoms with E-state index in [0.29, 0.717) is 25.6 Å². The number of carbonyl (C=O) groups excluding carboxylic acids is 1. The first kappa shape index (κ1) is 17.4. The Hall–Kier alpha value is -2.40. The minimum atomic E-state index is -0.926. The topological polar surface area (TPSA) is 75.6 Å². The molecule has 0 saturated carbocycles. The predicted molar refractivity (Wildman–Crippen MR) is 95.2 cm³/mol. The molecule has 0 spiro atoms. The van der Waals surface area contributed by atoms with Gasteiger partial charge in [-0.05, 0) is 41.2 Å². The van der Waals surface area contributed by atoms with Crippen LogP contribution >= 0.6 is 0 Å². The van der Waals surface area contributed by atoms with Crippen LogP contribution in [0.5, 0.6) is 0 Å². The van der Waals surface area contributed by atoms with E-state index in [-0.39, 0.29) is 12.3 Å². The average molecular weight is 341 g/mol. The summed E-state index contributed by atoms with van der Waals surface area (Å²) in [6.45, 7) is 1.39. The fourth-order valence-corrected chi connectivity index (χ4v) is 3.32. The van der Waals surface area contributed by atoms with E-state index in [4.69, 9.17) is 4.74 Å². The van der Waals surface area contributed by atoms with Crippen molar-refractivity contribution in [2.75, 3.05) is 13.2 Å². The number of amides is 1. The third-order valence-electron chi connectivity index (χ3n) is 4.70. The number of benzene rings is 2. The second kappa shape index (κ2) is 8.12. The van der Waals surface area contributed by atoms with Crippen LogP contribution < -0.4 is 5.32 Å². The molecule has 2 N–H and O–H groups in total. The number of nitrogens with one attached hydrogen (secondary N) is 1. The molecule has 0 aliphatic carbocycles. The van der Waals surface area contributed by atoms with E-state index in [9.17, 15) is 14.7 Å². The first-order valence-electron chi connectivity index (χ1n) is 8.69. The molecule has 25 heavy (non-hydrogen) atoms. The maximum absolute atomic E-state index is 12.4. The van der Waals surface area contributed by atoms with Crippen LogP contribution in [0.2, 0.25) is 0 Å². The van der Waals surface area contributed by atoms with Gasteiger partial charge in [0.05, 0.1) is 12.5 Å². The molecule has 1 saturated heterocycles. The fraction of sp³-hybridized carbons (Fsp3) is 0.400. The molecule has 1 atom stereocenters. The van der Waals surface area contributed by atoms with Gasteiger partial charge < -0.3 is 15.2 Å². The SMILES string of the molecule is O=C(O)C[C@H](NC(=O)CC1CCOCC1)c1ccc2ccccc2c1. The number of carboxylic acid groups (broad SMARTS) is 1. The summed E-state index contributed by atoms with van der Waals surface area (Å²) >= 11 is 0. The minimum Gasteiger partial charge on any atom is -0.481 e. The normalized spacial score (nSPS) is 16.5. The zero-order valence-electron chi connectivity index (χ0n) is 14.1. The molecule has 5 heteroatoms. The van der Waals surface area contributed by atoms with Crippen molar-refractivity contribution < 1.29 is 19.4 Å². The lowest BCUT2D eigenvalue weighted by molar-refractivity contribution is -0.137. The number of carbonyl (C=O) groups is 2. The van der Waals surface area contributed by atoms with E-state index in [2.05, 4.69) is 5.32 Å². The molecule has 1 aliphatic rings. The number of rotatable bonds is 6. The number of hydrogen-bond acceptors (Lipinski definition) is 3. The summed E-state index contributed by atoms with van der Waals surface area (Å²) in [4.78, 5) is 23.6. The maximum atomic E-state index is 12.4. The molecule has 2 aromatic carbocycles. The van der Waals surface area contributed by atoms with E-state index in [0.717, 1.165) is 29.2 Å². The molecule has 132 valence electrons. The first-order chi connectivity index (χ1) is 12.1. The van der Waals surface area contributed by atoms with Gasteiger partial charge in [-0.2, -0.15) is 0 Å². The zero-order chi connectivity index (χ0) is 17.6. The van der Waals surface area contributed by atoms with Gasteiger partial charge in [0.15, 0.2) is 0 Å². The molecule has 0 aromatic heterocycles. The Balaban J connectivity index is 1.73. The van der Waals surface area contributed by atoms with Crippen molar-refractivity contribution in [3.05, 3.63) is 48.0 Å². The number of ether oxygens (including phenoxy) is 1. The van der Waals surface area contributed by atoms with Crippen LogP contribution in [0.15, 0.2) is 42.5 Å². The molecule has 1 fully saturated rings. The summed E-state index contributed by atoms with van der Waals surface area (Å²) in [5, 5.41) is 14.3. The summed E-state index contributed by atoms with van der Waals surface area (Å²) in [5.41, 5.74) is 0.821. The van der Waals surface area contributed by atoms with Crippen LogP contribution in [0.25, 0.3) is 10.8 Å². The summed E-state index contributed by atoms with van der Waals surface area (Å²) in [6, 6.07) is 13.2. The van der Waals surface area contributed by atoms with Gasteiger partial charge in [0.1, 0.15) is 0 Å². The Bertz CT molecular complexity index is 752. The van der Waals surface area contributed by atoms with Crippen molar-refractivity contribution in [3.63, 3.8) is 0 Å². The van der Waals surface area contributed by atoms with Gasteiger partial charge in [0.2, 0.25) is 5.91 Å². The van der Waals surface area contributed by atoms with Crippen LogP contribution in [-0.4, -0.2) is 30.2 Å². The molecule has 3 rings (SSSR count). The lowest BCUT2D eigenvalue weighted by atomic mass is 9.95. The molecule has 1 heterocycles. The van der Waals surface area contributed by atoms with Crippen LogP contribution in [0.3, 0.4) is 0 Å². The van der Waals surface area contributed by atoms with Gasteiger partial charge in [-0.3, -0.25) is 9.59 Å². The second-order valence-electron chi connectivity index (χ2n) is 6.58. The zero-order valence-corrected chi connectivity index (χ0v) is 14.1. The van der Waals surface area contributed by atoms with Crippen LogP contribution in [0, 0.1) is 5.92 Å². The molecular weight excluding hydrogens is 318 g/mol. The second-order valence-corrected chi connectivity index (χ2v) is 6.58. The summed E-state index contributed by atoms with van der Waals surface area (Å²) in [5.74, 6) is -0.702. The third kappa shape index (κ3) is 4.79. The molecule has 0 unspecified atom stereocenters. The molecule has 0 radical (unpaired) electrons. The van der Waals surface area contributed by atoms with Crippen LogP contribution in [0.4, 0.5) is 0 Å². The minimum absolute atomic E-state index is 0.0914. The quantitative estimate of drug-likeness (QED) is 0.845. The Morgan fingerprint density at radius 1 is 1.12 bits per heavy atom. The largest absolute Gasteiger partial charge is 0.481 e. The van der Waals surface area contributed by atoms with Crippen LogP contribution in [-0.2, 0) is 14.3 Å². The number of carboxylic acids is 1.